The first-order chi connectivity index (χ1) is 9.95. The van der Waals surface area contributed by atoms with Crippen LogP contribution in [0, 0.1) is 0 Å². The summed E-state index contributed by atoms with van der Waals surface area (Å²) < 4.78 is 39.3. The average Bonchev–Trinajstić information content (AvgIpc) is 3.04. The molecule has 0 saturated heterocycles. The van der Waals surface area contributed by atoms with Crippen molar-refractivity contribution in [3.8, 4) is 0 Å². The number of fused-ring (bicyclic) bond motifs is 1. The van der Waals surface area contributed by atoms with Gasteiger partial charge in [0, 0.05) is 18.3 Å². The van der Waals surface area contributed by atoms with Crippen LogP contribution in [0.5, 0.6) is 0 Å². The summed E-state index contributed by atoms with van der Waals surface area (Å²) in [4.78, 5) is 15.8. The molecule has 2 aromatic rings. The third kappa shape index (κ3) is 2.70. The lowest BCUT2D eigenvalue weighted by molar-refractivity contribution is -0.142. The van der Waals surface area contributed by atoms with Crippen LogP contribution in [0.15, 0.2) is 18.3 Å². The zero-order valence-corrected chi connectivity index (χ0v) is 11.0. The van der Waals surface area contributed by atoms with Crippen LogP contribution in [-0.4, -0.2) is 26.5 Å². The molecule has 1 N–H and O–H groups in total. The van der Waals surface area contributed by atoms with Gasteiger partial charge in [0.05, 0.1) is 0 Å². The largest absolute Gasteiger partial charge is 0.433 e. The van der Waals surface area contributed by atoms with Crippen molar-refractivity contribution in [2.24, 2.45) is 0 Å². The van der Waals surface area contributed by atoms with Crippen LogP contribution >= 0.6 is 0 Å². The smallest absolute Gasteiger partial charge is 0.348 e. The summed E-state index contributed by atoms with van der Waals surface area (Å²) in [6, 6.07) is 2.18. The van der Waals surface area contributed by atoms with Gasteiger partial charge in [-0.1, -0.05) is 12.8 Å². The summed E-state index contributed by atoms with van der Waals surface area (Å²) >= 11 is 0. The maximum absolute atomic E-state index is 12.9. The van der Waals surface area contributed by atoms with E-state index in [1.54, 1.807) is 0 Å². The van der Waals surface area contributed by atoms with Gasteiger partial charge in [0.25, 0.3) is 5.91 Å². The Morgan fingerprint density at radius 2 is 2.05 bits per heavy atom. The standard InChI is InChI=1S/C13H13F3N4O/c14-13(15,16)10-5-6-17-11-7-9(19-20(10)11)12(21)18-8-3-1-2-4-8/h5-8H,1-4H2,(H,18,21). The molecular weight excluding hydrogens is 285 g/mol. The van der Waals surface area contributed by atoms with E-state index < -0.39 is 17.8 Å². The number of nitrogens with one attached hydrogen (secondary N) is 1. The highest BCUT2D eigenvalue weighted by atomic mass is 19.4. The molecule has 0 atom stereocenters. The number of hydrogen-bond donors (Lipinski definition) is 1. The van der Waals surface area contributed by atoms with E-state index >= 15 is 0 Å². The summed E-state index contributed by atoms with van der Waals surface area (Å²) in [5.74, 6) is -0.458. The van der Waals surface area contributed by atoms with Crippen molar-refractivity contribution in [3.05, 3.63) is 29.7 Å². The molecule has 0 unspecified atom stereocenters. The third-order valence-electron chi connectivity index (χ3n) is 3.57. The second-order valence-electron chi connectivity index (χ2n) is 5.08. The Kier molecular flexibility index (Phi) is 3.30. The maximum atomic E-state index is 12.9. The summed E-state index contributed by atoms with van der Waals surface area (Å²) in [5, 5.41) is 6.53. The molecular formula is C13H13F3N4O. The Balaban J connectivity index is 1.92. The van der Waals surface area contributed by atoms with Crippen molar-refractivity contribution in [1.29, 1.82) is 0 Å². The van der Waals surface area contributed by atoms with Crippen LogP contribution in [-0.2, 0) is 6.18 Å². The number of aromatic nitrogens is 3. The summed E-state index contributed by atoms with van der Waals surface area (Å²) in [5.41, 5.74) is -1.00. The highest BCUT2D eigenvalue weighted by Gasteiger charge is 2.34. The molecule has 1 amide bonds. The number of alkyl halides is 3. The second kappa shape index (κ2) is 5.01. The van der Waals surface area contributed by atoms with Crippen LogP contribution in [0.3, 0.4) is 0 Å². The lowest BCUT2D eigenvalue weighted by Crippen LogP contribution is -2.32. The van der Waals surface area contributed by atoms with Crippen molar-refractivity contribution in [3.63, 3.8) is 0 Å². The number of rotatable bonds is 2. The first kappa shape index (κ1) is 13.8. The second-order valence-corrected chi connectivity index (χ2v) is 5.08. The molecule has 1 aliphatic carbocycles. The van der Waals surface area contributed by atoms with Crippen molar-refractivity contribution in [2.45, 2.75) is 37.9 Å². The fourth-order valence-corrected chi connectivity index (χ4v) is 2.55. The molecule has 1 saturated carbocycles. The highest BCUT2D eigenvalue weighted by Crippen LogP contribution is 2.29. The lowest BCUT2D eigenvalue weighted by atomic mass is 10.2. The van der Waals surface area contributed by atoms with Gasteiger partial charge in [-0.05, 0) is 18.9 Å². The minimum atomic E-state index is -4.55. The normalized spacial score (nSPS) is 16.5. The topological polar surface area (TPSA) is 59.3 Å². The predicted molar refractivity (Wildman–Crippen MR) is 67.7 cm³/mol. The van der Waals surface area contributed by atoms with E-state index in [9.17, 15) is 18.0 Å². The number of nitrogens with zero attached hydrogens (tertiary/aromatic N) is 3. The molecule has 3 rings (SSSR count). The van der Waals surface area contributed by atoms with E-state index in [-0.39, 0.29) is 17.4 Å². The van der Waals surface area contributed by atoms with E-state index in [0.717, 1.165) is 37.9 Å². The first-order valence-electron chi connectivity index (χ1n) is 6.68. The molecule has 2 aromatic heterocycles. The monoisotopic (exact) mass is 298 g/mol. The average molecular weight is 298 g/mol. The summed E-state index contributed by atoms with van der Waals surface area (Å²) in [6.45, 7) is 0. The Hall–Kier alpha value is -2.12. The van der Waals surface area contributed by atoms with E-state index in [1.807, 2.05) is 0 Å². The van der Waals surface area contributed by atoms with Gasteiger partial charge in [0.15, 0.2) is 11.3 Å². The number of amides is 1. The van der Waals surface area contributed by atoms with E-state index in [4.69, 9.17) is 0 Å². The quantitative estimate of drug-likeness (QED) is 0.926. The molecule has 5 nitrogen and oxygen atoms in total. The van der Waals surface area contributed by atoms with Gasteiger partial charge in [-0.3, -0.25) is 4.79 Å². The minimum absolute atomic E-state index is 0.00129. The van der Waals surface area contributed by atoms with E-state index in [1.165, 1.54) is 6.07 Å². The van der Waals surface area contributed by atoms with Crippen LogP contribution in [0.2, 0.25) is 0 Å². The van der Waals surface area contributed by atoms with Crippen LogP contribution in [0.4, 0.5) is 13.2 Å². The maximum Gasteiger partial charge on any atom is 0.433 e. The SMILES string of the molecule is O=C(NC1CCCC1)c1cc2nccc(C(F)(F)F)n2n1. The van der Waals surface area contributed by atoms with Gasteiger partial charge >= 0.3 is 6.18 Å². The number of carbonyl (C=O) groups excluding carboxylic acids is 1. The fourth-order valence-electron chi connectivity index (χ4n) is 2.55. The van der Waals surface area contributed by atoms with Gasteiger partial charge in [-0.25, -0.2) is 9.50 Å². The molecule has 1 aliphatic rings. The molecule has 2 heterocycles. The van der Waals surface area contributed by atoms with Crippen LogP contribution < -0.4 is 5.32 Å². The molecule has 0 radical (unpaired) electrons. The van der Waals surface area contributed by atoms with Gasteiger partial charge in [-0.15, -0.1) is 0 Å². The molecule has 0 bridgehead atoms. The number of hydrogen-bond acceptors (Lipinski definition) is 3. The van der Waals surface area contributed by atoms with E-state index in [0.29, 0.717) is 4.52 Å². The third-order valence-corrected chi connectivity index (χ3v) is 3.57. The van der Waals surface area contributed by atoms with Crippen molar-refractivity contribution >= 4 is 11.6 Å². The predicted octanol–water partition coefficient (Wildman–Crippen LogP) is 2.42. The molecule has 21 heavy (non-hydrogen) atoms. The Morgan fingerprint density at radius 1 is 1.33 bits per heavy atom. The molecule has 112 valence electrons. The molecule has 1 fully saturated rings. The Bertz CT molecular complexity index is 674. The fraction of sp³-hybridized carbons (Fsp3) is 0.462. The van der Waals surface area contributed by atoms with Crippen LogP contribution in [0.25, 0.3) is 5.65 Å². The van der Waals surface area contributed by atoms with Gasteiger partial charge in [0.1, 0.15) is 5.69 Å². The zero-order valence-electron chi connectivity index (χ0n) is 11.0. The highest BCUT2D eigenvalue weighted by molar-refractivity contribution is 5.93. The van der Waals surface area contributed by atoms with Gasteiger partial charge in [-0.2, -0.15) is 18.3 Å². The number of carbonyl (C=O) groups is 1. The molecule has 0 aromatic carbocycles. The minimum Gasteiger partial charge on any atom is -0.348 e. The first-order valence-corrected chi connectivity index (χ1v) is 6.68. The number of halogens is 3. The zero-order chi connectivity index (χ0) is 15.0. The summed E-state index contributed by atoms with van der Waals surface area (Å²) in [6.07, 6.45) is 0.396. The lowest BCUT2D eigenvalue weighted by Gasteiger charge is -2.10. The van der Waals surface area contributed by atoms with Gasteiger partial charge in [0.2, 0.25) is 0 Å². The van der Waals surface area contributed by atoms with Crippen molar-refractivity contribution < 1.29 is 18.0 Å². The summed E-state index contributed by atoms with van der Waals surface area (Å²) in [7, 11) is 0. The van der Waals surface area contributed by atoms with Crippen molar-refractivity contribution in [1.82, 2.24) is 19.9 Å². The van der Waals surface area contributed by atoms with Crippen molar-refractivity contribution in [2.75, 3.05) is 0 Å². The molecule has 8 heteroatoms. The molecule has 0 spiro atoms. The van der Waals surface area contributed by atoms with E-state index in [2.05, 4.69) is 15.4 Å². The Morgan fingerprint density at radius 3 is 2.71 bits per heavy atom. The molecule has 0 aliphatic heterocycles. The van der Waals surface area contributed by atoms with Crippen LogP contribution in [0.1, 0.15) is 41.9 Å². The Labute approximate surface area is 118 Å². The van der Waals surface area contributed by atoms with Gasteiger partial charge < -0.3 is 5.32 Å².